The Balaban J connectivity index is 1.97. The summed E-state index contributed by atoms with van der Waals surface area (Å²) >= 11 is 0. The van der Waals surface area contributed by atoms with Gasteiger partial charge in [-0.2, -0.15) is 0 Å². The Morgan fingerprint density at radius 1 is 1.20 bits per heavy atom. The minimum Gasteiger partial charge on any atom is -0.454 e. The molecule has 1 aromatic heterocycles. The first-order chi connectivity index (χ1) is 12.0. The first-order valence-corrected chi connectivity index (χ1v) is 7.43. The topological polar surface area (TPSA) is 101 Å². The fourth-order valence-electron chi connectivity index (χ4n) is 2.06. The summed E-state index contributed by atoms with van der Waals surface area (Å²) in [6, 6.07) is 10.0. The quantitative estimate of drug-likeness (QED) is 0.575. The summed E-state index contributed by atoms with van der Waals surface area (Å²) in [5.74, 6) is -1.19. The Bertz CT molecular complexity index is 870. The molecule has 1 N–H and O–H groups in total. The summed E-state index contributed by atoms with van der Waals surface area (Å²) in [6.45, 7) is 2.99. The molecule has 0 unspecified atom stereocenters. The molecule has 0 bridgehead atoms. The summed E-state index contributed by atoms with van der Waals surface area (Å²) in [5.41, 5.74) is -0.638. The van der Waals surface area contributed by atoms with Gasteiger partial charge >= 0.3 is 11.7 Å². The van der Waals surface area contributed by atoms with Gasteiger partial charge in [-0.25, -0.2) is 4.79 Å². The third-order valence-electron chi connectivity index (χ3n) is 3.23. The van der Waals surface area contributed by atoms with E-state index in [0.29, 0.717) is 5.69 Å². The second-order valence-corrected chi connectivity index (χ2v) is 5.03. The van der Waals surface area contributed by atoms with E-state index in [9.17, 15) is 19.2 Å². The number of hydrogen-bond acceptors (Lipinski definition) is 5. The molecule has 0 saturated heterocycles. The molecule has 130 valence electrons. The van der Waals surface area contributed by atoms with Crippen molar-refractivity contribution >= 4 is 17.6 Å². The molecular weight excluding hydrogens is 326 g/mol. The molecule has 1 aromatic carbocycles. The van der Waals surface area contributed by atoms with Crippen LogP contribution in [0.1, 0.15) is 0 Å². The summed E-state index contributed by atoms with van der Waals surface area (Å²) in [5, 5.41) is 0. The molecule has 25 heavy (non-hydrogen) atoms. The molecule has 2 aromatic rings. The van der Waals surface area contributed by atoms with Crippen molar-refractivity contribution in [3.8, 4) is 0 Å². The molecule has 0 aliphatic heterocycles. The van der Waals surface area contributed by atoms with Gasteiger partial charge in [0.1, 0.15) is 6.54 Å². The number of H-pyrrole nitrogens is 1. The first kappa shape index (κ1) is 17.9. The van der Waals surface area contributed by atoms with Crippen LogP contribution >= 0.6 is 0 Å². The van der Waals surface area contributed by atoms with Crippen molar-refractivity contribution in [2.24, 2.45) is 0 Å². The number of ether oxygens (including phenoxy) is 1. The van der Waals surface area contributed by atoms with E-state index in [1.165, 1.54) is 11.1 Å². The maximum Gasteiger partial charge on any atom is 0.328 e. The third-order valence-corrected chi connectivity index (χ3v) is 3.23. The maximum absolute atomic E-state index is 12.3. The zero-order valence-corrected chi connectivity index (χ0v) is 13.4. The minimum atomic E-state index is -0.769. The van der Waals surface area contributed by atoms with Gasteiger partial charge in [0.05, 0.1) is 0 Å². The molecule has 0 aliphatic rings. The number of rotatable bonds is 7. The molecular formula is C17H17N3O5. The van der Waals surface area contributed by atoms with Gasteiger partial charge in [-0.3, -0.25) is 23.9 Å². The number of carbonyl (C=O) groups is 2. The average Bonchev–Trinajstić information content (AvgIpc) is 2.61. The van der Waals surface area contributed by atoms with Crippen LogP contribution in [0.15, 0.2) is 64.8 Å². The predicted octanol–water partition coefficient (Wildman–Crippen LogP) is 0.299. The molecule has 0 aliphatic carbocycles. The molecule has 2 rings (SSSR count). The lowest BCUT2D eigenvalue weighted by molar-refractivity contribution is -0.148. The van der Waals surface area contributed by atoms with Crippen LogP contribution in [0.5, 0.6) is 0 Å². The molecule has 1 heterocycles. The molecule has 0 atom stereocenters. The Morgan fingerprint density at radius 2 is 1.92 bits per heavy atom. The number of para-hydroxylation sites is 1. The monoisotopic (exact) mass is 343 g/mol. The second kappa shape index (κ2) is 8.44. The van der Waals surface area contributed by atoms with Crippen molar-refractivity contribution in [3.05, 3.63) is 76.1 Å². The number of benzene rings is 1. The fraction of sp³-hybridized carbons (Fsp3) is 0.176. The number of nitrogens with zero attached hydrogens (tertiary/aromatic N) is 2. The highest BCUT2D eigenvalue weighted by molar-refractivity contribution is 5.95. The molecule has 8 heteroatoms. The van der Waals surface area contributed by atoms with Crippen LogP contribution in [0, 0.1) is 0 Å². The average molecular weight is 343 g/mol. The van der Waals surface area contributed by atoms with Crippen molar-refractivity contribution in [3.63, 3.8) is 0 Å². The highest BCUT2D eigenvalue weighted by Crippen LogP contribution is 2.13. The van der Waals surface area contributed by atoms with Crippen molar-refractivity contribution in [2.45, 2.75) is 6.54 Å². The van der Waals surface area contributed by atoms with Crippen molar-refractivity contribution in [1.29, 1.82) is 0 Å². The summed E-state index contributed by atoms with van der Waals surface area (Å²) < 4.78 is 5.90. The van der Waals surface area contributed by atoms with E-state index in [-0.39, 0.29) is 6.54 Å². The number of aromatic nitrogens is 2. The summed E-state index contributed by atoms with van der Waals surface area (Å²) in [7, 11) is 0. The lowest BCUT2D eigenvalue weighted by atomic mass is 10.3. The Kier molecular flexibility index (Phi) is 6.05. The minimum absolute atomic E-state index is 0.264. The number of esters is 1. The fourth-order valence-corrected chi connectivity index (χ4v) is 2.06. The standard InChI is InChI=1S/C17H17N3O5/c1-2-9-20(13-6-4-3-5-7-13)15(22)12-25-16(23)11-19-10-8-14(21)18-17(19)24/h2-8,10H,1,9,11-12H2,(H,18,21,24). The first-order valence-electron chi connectivity index (χ1n) is 7.43. The van der Waals surface area contributed by atoms with E-state index in [2.05, 4.69) is 6.58 Å². The molecule has 1 amide bonds. The third kappa shape index (κ3) is 5.03. The van der Waals surface area contributed by atoms with Gasteiger partial charge in [0, 0.05) is 24.5 Å². The smallest absolute Gasteiger partial charge is 0.328 e. The predicted molar refractivity (Wildman–Crippen MR) is 91.3 cm³/mol. The van der Waals surface area contributed by atoms with Gasteiger partial charge < -0.3 is 9.64 Å². The van der Waals surface area contributed by atoms with Crippen LogP contribution in [0.25, 0.3) is 0 Å². The maximum atomic E-state index is 12.3. The number of anilines is 1. The van der Waals surface area contributed by atoms with E-state index in [1.54, 1.807) is 30.3 Å². The van der Waals surface area contributed by atoms with Crippen LogP contribution < -0.4 is 16.1 Å². The van der Waals surface area contributed by atoms with Gasteiger partial charge in [0.2, 0.25) is 0 Å². The van der Waals surface area contributed by atoms with E-state index in [1.807, 2.05) is 11.1 Å². The summed E-state index contributed by atoms with van der Waals surface area (Å²) in [6.07, 6.45) is 2.74. The molecule has 0 saturated carbocycles. The number of aromatic amines is 1. The normalized spacial score (nSPS) is 10.1. The largest absolute Gasteiger partial charge is 0.454 e. The van der Waals surface area contributed by atoms with E-state index < -0.39 is 36.3 Å². The lowest BCUT2D eigenvalue weighted by Gasteiger charge is -2.21. The van der Waals surface area contributed by atoms with Crippen LogP contribution in [0.3, 0.4) is 0 Å². The number of amides is 1. The SMILES string of the molecule is C=CCN(C(=O)COC(=O)Cn1ccc(=O)[nH]c1=O)c1ccccc1. The van der Waals surface area contributed by atoms with Gasteiger partial charge in [-0.05, 0) is 12.1 Å². The van der Waals surface area contributed by atoms with Crippen LogP contribution in [0.4, 0.5) is 5.69 Å². The Hall–Kier alpha value is -3.42. The Morgan fingerprint density at radius 3 is 2.56 bits per heavy atom. The summed E-state index contributed by atoms with van der Waals surface area (Å²) in [4.78, 5) is 50.0. The van der Waals surface area contributed by atoms with Crippen LogP contribution in [-0.4, -0.2) is 34.6 Å². The molecule has 8 nitrogen and oxygen atoms in total. The lowest BCUT2D eigenvalue weighted by Crippen LogP contribution is -2.36. The van der Waals surface area contributed by atoms with Gasteiger partial charge in [0.25, 0.3) is 11.5 Å². The van der Waals surface area contributed by atoms with E-state index in [4.69, 9.17) is 4.74 Å². The number of nitrogens with one attached hydrogen (secondary N) is 1. The van der Waals surface area contributed by atoms with Gasteiger partial charge in [0.15, 0.2) is 6.61 Å². The van der Waals surface area contributed by atoms with E-state index >= 15 is 0 Å². The van der Waals surface area contributed by atoms with Crippen molar-refractivity contribution in [1.82, 2.24) is 9.55 Å². The highest BCUT2D eigenvalue weighted by atomic mass is 16.5. The molecule has 0 spiro atoms. The van der Waals surface area contributed by atoms with Crippen LogP contribution in [0.2, 0.25) is 0 Å². The number of carbonyl (C=O) groups excluding carboxylic acids is 2. The van der Waals surface area contributed by atoms with E-state index in [0.717, 1.165) is 10.6 Å². The highest BCUT2D eigenvalue weighted by Gasteiger charge is 2.16. The zero-order chi connectivity index (χ0) is 18.2. The number of hydrogen-bond donors (Lipinski definition) is 1. The van der Waals surface area contributed by atoms with Gasteiger partial charge in [-0.15, -0.1) is 6.58 Å². The molecule has 0 fully saturated rings. The van der Waals surface area contributed by atoms with Crippen LogP contribution in [-0.2, 0) is 20.9 Å². The van der Waals surface area contributed by atoms with Crippen molar-refractivity contribution in [2.75, 3.05) is 18.1 Å². The Labute approximate surface area is 143 Å². The molecule has 0 radical (unpaired) electrons. The zero-order valence-electron chi connectivity index (χ0n) is 13.4. The second-order valence-electron chi connectivity index (χ2n) is 5.03. The van der Waals surface area contributed by atoms with Gasteiger partial charge in [-0.1, -0.05) is 24.3 Å². The van der Waals surface area contributed by atoms with Crippen molar-refractivity contribution < 1.29 is 14.3 Å².